The van der Waals surface area contributed by atoms with Gasteiger partial charge in [-0.25, -0.2) is 0 Å². The van der Waals surface area contributed by atoms with Crippen molar-refractivity contribution in [3.8, 4) is 0 Å². The molecule has 1 heterocycles. The molecule has 0 spiro atoms. The molecule has 1 atom stereocenters. The number of rotatable bonds is 7. The fourth-order valence-corrected chi connectivity index (χ4v) is 3.20. The van der Waals surface area contributed by atoms with Crippen molar-refractivity contribution in [3.05, 3.63) is 34.9 Å². The molecule has 7 nitrogen and oxygen atoms in total. The zero-order valence-electron chi connectivity index (χ0n) is 17.4. The van der Waals surface area contributed by atoms with Gasteiger partial charge in [-0.2, -0.15) is 0 Å². The van der Waals surface area contributed by atoms with E-state index in [0.717, 1.165) is 44.2 Å². The number of halogens is 2. The first-order valence-electron chi connectivity index (χ1n) is 9.87. The minimum Gasteiger partial charge on any atom is -0.386 e. The number of nitrogens with one attached hydrogen (secondary N) is 2. The Hall–Kier alpha value is -1.10. The third kappa shape index (κ3) is 9.06. The van der Waals surface area contributed by atoms with Gasteiger partial charge in [-0.3, -0.25) is 14.7 Å². The van der Waals surface area contributed by atoms with Gasteiger partial charge in [-0.15, -0.1) is 24.0 Å². The Balaban J connectivity index is 0.00000420. The lowest BCUT2D eigenvalue weighted by atomic mass is 10.1. The maximum Gasteiger partial charge on any atom is 0.234 e. The van der Waals surface area contributed by atoms with Gasteiger partial charge >= 0.3 is 0 Å². The molecular formula is C20H33ClIN5O2. The lowest BCUT2D eigenvalue weighted by Crippen LogP contribution is -2.54. The van der Waals surface area contributed by atoms with Crippen molar-refractivity contribution in [2.24, 2.45) is 4.99 Å². The number of carbonyl (C=O) groups is 1. The first-order valence-corrected chi connectivity index (χ1v) is 10.2. The van der Waals surface area contributed by atoms with E-state index < -0.39 is 6.10 Å². The first kappa shape index (κ1) is 25.9. The average Bonchev–Trinajstić information content (AvgIpc) is 2.65. The Morgan fingerprint density at radius 2 is 1.83 bits per heavy atom. The Morgan fingerprint density at radius 1 is 1.21 bits per heavy atom. The summed E-state index contributed by atoms with van der Waals surface area (Å²) in [5, 5.41) is 17.3. The average molecular weight is 538 g/mol. The Morgan fingerprint density at radius 3 is 2.38 bits per heavy atom. The second-order valence-corrected chi connectivity index (χ2v) is 7.68. The van der Waals surface area contributed by atoms with Gasteiger partial charge in [0.05, 0.1) is 19.2 Å². The topological polar surface area (TPSA) is 80.2 Å². The van der Waals surface area contributed by atoms with Crippen LogP contribution in [0.1, 0.15) is 32.4 Å². The normalized spacial score (nSPS) is 16.3. The summed E-state index contributed by atoms with van der Waals surface area (Å²) in [6, 6.07) is 7.33. The van der Waals surface area contributed by atoms with Crippen LogP contribution in [-0.2, 0) is 4.79 Å². The summed E-state index contributed by atoms with van der Waals surface area (Å²) >= 11 is 5.90. The van der Waals surface area contributed by atoms with Crippen molar-refractivity contribution in [1.29, 1.82) is 0 Å². The van der Waals surface area contributed by atoms with E-state index in [-0.39, 0.29) is 42.5 Å². The summed E-state index contributed by atoms with van der Waals surface area (Å²) in [7, 11) is 0. The molecule has 1 fully saturated rings. The van der Waals surface area contributed by atoms with Gasteiger partial charge in [-0.1, -0.05) is 23.7 Å². The standard InChI is InChI=1S/C20H32ClN5O2.HI/c1-4-22-20(23-13-18(27)16-5-7-17(21)8-6-16)26-11-9-25(10-12-26)14-19(28)24-15(2)3;/h5-8,15,18,27H,4,9-14H2,1-3H3,(H,22,23)(H,24,28);1H. The molecule has 9 heteroatoms. The summed E-state index contributed by atoms with van der Waals surface area (Å²) in [5.41, 5.74) is 0.796. The number of hydrogen-bond donors (Lipinski definition) is 3. The summed E-state index contributed by atoms with van der Waals surface area (Å²) in [6.45, 7) is 10.6. The van der Waals surface area contributed by atoms with Crippen LogP contribution in [0.2, 0.25) is 5.02 Å². The molecular weight excluding hydrogens is 505 g/mol. The van der Waals surface area contributed by atoms with Gasteiger partial charge in [0, 0.05) is 43.8 Å². The highest BCUT2D eigenvalue weighted by molar-refractivity contribution is 14.0. The molecule has 2 rings (SSSR count). The SMILES string of the molecule is CCNC(=NCC(O)c1ccc(Cl)cc1)N1CCN(CC(=O)NC(C)C)CC1.I. The van der Waals surface area contributed by atoms with E-state index in [1.165, 1.54) is 0 Å². The third-order valence-electron chi connectivity index (χ3n) is 4.49. The van der Waals surface area contributed by atoms with Crippen LogP contribution < -0.4 is 10.6 Å². The van der Waals surface area contributed by atoms with Crippen LogP contribution in [0.5, 0.6) is 0 Å². The predicted octanol–water partition coefficient (Wildman–Crippen LogP) is 2.10. The molecule has 164 valence electrons. The number of aliphatic hydroxyl groups is 1. The molecule has 0 aromatic heterocycles. The number of aliphatic hydroxyl groups excluding tert-OH is 1. The van der Waals surface area contributed by atoms with Gasteiger partial charge in [0.25, 0.3) is 0 Å². The van der Waals surface area contributed by atoms with Crippen LogP contribution in [0.15, 0.2) is 29.3 Å². The van der Waals surface area contributed by atoms with E-state index >= 15 is 0 Å². The molecule has 1 amide bonds. The molecule has 1 aliphatic rings. The maximum atomic E-state index is 11.9. The summed E-state index contributed by atoms with van der Waals surface area (Å²) in [4.78, 5) is 20.9. The molecule has 1 aromatic carbocycles. The maximum absolute atomic E-state index is 11.9. The van der Waals surface area contributed by atoms with Gasteiger partial charge < -0.3 is 20.6 Å². The van der Waals surface area contributed by atoms with Crippen LogP contribution >= 0.6 is 35.6 Å². The molecule has 0 radical (unpaired) electrons. The number of aliphatic imine (C=N–C) groups is 1. The highest BCUT2D eigenvalue weighted by atomic mass is 127. The number of guanidine groups is 1. The second-order valence-electron chi connectivity index (χ2n) is 7.25. The molecule has 1 aliphatic heterocycles. The molecule has 1 aromatic rings. The van der Waals surface area contributed by atoms with Crippen molar-refractivity contribution in [2.45, 2.75) is 32.9 Å². The Kier molecular flexibility index (Phi) is 11.9. The summed E-state index contributed by atoms with van der Waals surface area (Å²) in [5.74, 6) is 0.858. The lowest BCUT2D eigenvalue weighted by Gasteiger charge is -2.36. The van der Waals surface area contributed by atoms with E-state index in [4.69, 9.17) is 11.6 Å². The first-order chi connectivity index (χ1) is 13.4. The van der Waals surface area contributed by atoms with Gasteiger partial charge in [0.2, 0.25) is 5.91 Å². The Labute approximate surface area is 195 Å². The smallest absolute Gasteiger partial charge is 0.234 e. The highest BCUT2D eigenvalue weighted by Gasteiger charge is 2.21. The van der Waals surface area contributed by atoms with Crippen LogP contribution in [0, 0.1) is 0 Å². The van der Waals surface area contributed by atoms with E-state index in [2.05, 4.69) is 25.4 Å². The van der Waals surface area contributed by atoms with E-state index in [0.29, 0.717) is 11.6 Å². The van der Waals surface area contributed by atoms with Gasteiger partial charge in [0.15, 0.2) is 5.96 Å². The lowest BCUT2D eigenvalue weighted by molar-refractivity contribution is -0.123. The quantitative estimate of drug-likeness (QED) is 0.282. The van der Waals surface area contributed by atoms with Crippen LogP contribution in [0.3, 0.4) is 0 Å². The number of benzene rings is 1. The van der Waals surface area contributed by atoms with Crippen LogP contribution in [0.25, 0.3) is 0 Å². The third-order valence-corrected chi connectivity index (χ3v) is 4.74. The molecule has 1 saturated heterocycles. The molecule has 0 bridgehead atoms. The van der Waals surface area contributed by atoms with Crippen LogP contribution in [0.4, 0.5) is 0 Å². The minimum absolute atomic E-state index is 0. The summed E-state index contributed by atoms with van der Waals surface area (Å²) < 4.78 is 0. The monoisotopic (exact) mass is 537 g/mol. The van der Waals surface area contributed by atoms with E-state index in [1.54, 1.807) is 12.1 Å². The predicted molar refractivity (Wildman–Crippen MR) is 129 cm³/mol. The number of nitrogens with zero attached hydrogens (tertiary/aromatic N) is 3. The molecule has 0 saturated carbocycles. The fourth-order valence-electron chi connectivity index (χ4n) is 3.08. The second kappa shape index (κ2) is 13.3. The zero-order chi connectivity index (χ0) is 20.5. The Bertz CT molecular complexity index is 649. The van der Waals surface area contributed by atoms with Crippen molar-refractivity contribution >= 4 is 47.4 Å². The summed E-state index contributed by atoms with van der Waals surface area (Å²) in [6.07, 6.45) is -0.674. The number of amides is 1. The highest BCUT2D eigenvalue weighted by Crippen LogP contribution is 2.16. The number of carbonyl (C=O) groups excluding carboxylic acids is 1. The van der Waals surface area contributed by atoms with Crippen molar-refractivity contribution in [1.82, 2.24) is 20.4 Å². The largest absolute Gasteiger partial charge is 0.386 e. The van der Waals surface area contributed by atoms with Crippen molar-refractivity contribution in [3.63, 3.8) is 0 Å². The minimum atomic E-state index is -0.674. The van der Waals surface area contributed by atoms with E-state index in [9.17, 15) is 9.90 Å². The molecule has 3 N–H and O–H groups in total. The molecule has 29 heavy (non-hydrogen) atoms. The van der Waals surface area contributed by atoms with Crippen molar-refractivity contribution < 1.29 is 9.90 Å². The fraction of sp³-hybridized carbons (Fsp3) is 0.600. The number of hydrogen-bond acceptors (Lipinski definition) is 4. The van der Waals surface area contributed by atoms with Gasteiger partial charge in [0.1, 0.15) is 0 Å². The molecule has 1 unspecified atom stereocenters. The molecule has 0 aliphatic carbocycles. The zero-order valence-corrected chi connectivity index (χ0v) is 20.5. The van der Waals surface area contributed by atoms with Crippen molar-refractivity contribution in [2.75, 3.05) is 45.8 Å². The van der Waals surface area contributed by atoms with E-state index in [1.807, 2.05) is 32.9 Å². The van der Waals surface area contributed by atoms with Crippen LogP contribution in [-0.4, -0.2) is 78.6 Å². The number of piperazine rings is 1. The van der Waals surface area contributed by atoms with Gasteiger partial charge in [-0.05, 0) is 38.5 Å².